The lowest BCUT2D eigenvalue weighted by Gasteiger charge is -2.15. The molecule has 30 heavy (non-hydrogen) atoms. The van der Waals surface area contributed by atoms with Crippen LogP contribution in [0.5, 0.6) is 0 Å². The van der Waals surface area contributed by atoms with Gasteiger partial charge < -0.3 is 0 Å². The number of nitrogens with one attached hydrogen (secondary N) is 1. The number of halogens is 3. The lowest BCUT2D eigenvalue weighted by molar-refractivity contribution is -0.139. The van der Waals surface area contributed by atoms with Gasteiger partial charge in [0.15, 0.2) is 0 Å². The second kappa shape index (κ2) is 7.37. The van der Waals surface area contributed by atoms with Crippen LogP contribution in [-0.2, 0) is 16.2 Å². The van der Waals surface area contributed by atoms with Gasteiger partial charge in [-0.3, -0.25) is 4.72 Å². The molecule has 0 bridgehead atoms. The van der Waals surface area contributed by atoms with Crippen molar-refractivity contribution < 1.29 is 21.6 Å². The Labute approximate surface area is 174 Å². The maximum atomic E-state index is 13.2. The molecule has 0 aliphatic rings. The van der Waals surface area contributed by atoms with Gasteiger partial charge in [0, 0.05) is 11.8 Å². The summed E-state index contributed by atoms with van der Waals surface area (Å²) in [5, 5.41) is 0.712. The van der Waals surface area contributed by atoms with Gasteiger partial charge >= 0.3 is 6.18 Å². The SMILES string of the molecule is Cc1cc(-c2nc3cccnc3s2)ccc1NS(=O)(=O)c1ccccc1C(F)(F)F. The third-order valence-electron chi connectivity index (χ3n) is 4.37. The zero-order valence-corrected chi connectivity index (χ0v) is 17.1. The van der Waals surface area contributed by atoms with E-state index in [2.05, 4.69) is 14.7 Å². The monoisotopic (exact) mass is 449 g/mol. The molecule has 0 radical (unpaired) electrons. The van der Waals surface area contributed by atoms with Crippen molar-refractivity contribution >= 4 is 37.4 Å². The minimum Gasteiger partial charge on any atom is -0.279 e. The summed E-state index contributed by atoms with van der Waals surface area (Å²) in [7, 11) is -4.44. The van der Waals surface area contributed by atoms with Crippen molar-refractivity contribution in [2.45, 2.75) is 18.0 Å². The normalized spacial score (nSPS) is 12.3. The summed E-state index contributed by atoms with van der Waals surface area (Å²) in [4.78, 5) is 8.71. The second-order valence-electron chi connectivity index (χ2n) is 6.48. The van der Waals surface area contributed by atoms with Crippen LogP contribution < -0.4 is 4.72 Å². The predicted octanol–water partition coefficient (Wildman–Crippen LogP) is 5.49. The molecule has 5 nitrogen and oxygen atoms in total. The molecule has 2 heterocycles. The maximum absolute atomic E-state index is 13.2. The molecule has 4 rings (SSSR count). The number of thiazole rings is 1. The molecule has 0 atom stereocenters. The molecule has 1 N–H and O–H groups in total. The van der Waals surface area contributed by atoms with Crippen LogP contribution in [0, 0.1) is 6.92 Å². The minimum atomic E-state index is -4.79. The molecule has 0 saturated carbocycles. The van der Waals surface area contributed by atoms with Crippen molar-refractivity contribution in [1.82, 2.24) is 9.97 Å². The lowest BCUT2D eigenvalue weighted by Crippen LogP contribution is -2.19. The number of hydrogen-bond acceptors (Lipinski definition) is 5. The van der Waals surface area contributed by atoms with E-state index in [1.165, 1.54) is 23.5 Å². The van der Waals surface area contributed by atoms with E-state index in [4.69, 9.17) is 0 Å². The molecular formula is C20H14F3N3O2S2. The highest BCUT2D eigenvalue weighted by Crippen LogP contribution is 2.35. The molecule has 10 heteroatoms. The molecular weight excluding hydrogens is 435 g/mol. The Morgan fingerprint density at radius 3 is 2.50 bits per heavy atom. The smallest absolute Gasteiger partial charge is 0.279 e. The maximum Gasteiger partial charge on any atom is 0.417 e. The second-order valence-corrected chi connectivity index (χ2v) is 9.10. The Kier molecular flexibility index (Phi) is 4.99. The summed E-state index contributed by atoms with van der Waals surface area (Å²) < 4.78 is 67.3. The van der Waals surface area contributed by atoms with Crippen molar-refractivity contribution in [2.75, 3.05) is 4.72 Å². The largest absolute Gasteiger partial charge is 0.417 e. The molecule has 4 aromatic rings. The number of aryl methyl sites for hydroxylation is 1. The number of nitrogens with zero attached hydrogens (tertiary/aromatic N) is 2. The molecule has 0 spiro atoms. The van der Waals surface area contributed by atoms with Crippen LogP contribution in [0.25, 0.3) is 20.9 Å². The lowest BCUT2D eigenvalue weighted by atomic mass is 10.1. The van der Waals surface area contributed by atoms with E-state index >= 15 is 0 Å². The van der Waals surface area contributed by atoms with Crippen molar-refractivity contribution in [3.63, 3.8) is 0 Å². The summed E-state index contributed by atoms with van der Waals surface area (Å²) >= 11 is 1.39. The number of sulfonamides is 1. The van der Waals surface area contributed by atoms with Gasteiger partial charge in [-0.2, -0.15) is 13.2 Å². The summed E-state index contributed by atoms with van der Waals surface area (Å²) in [6.07, 6.45) is -3.11. The zero-order chi connectivity index (χ0) is 21.5. The molecule has 2 aromatic heterocycles. The summed E-state index contributed by atoms with van der Waals surface area (Å²) in [5.41, 5.74) is 1.04. The molecule has 0 fully saturated rings. The minimum absolute atomic E-state index is 0.190. The van der Waals surface area contributed by atoms with E-state index in [0.29, 0.717) is 10.6 Å². The van der Waals surface area contributed by atoms with Crippen LogP contribution in [-0.4, -0.2) is 18.4 Å². The van der Waals surface area contributed by atoms with E-state index in [1.807, 2.05) is 6.07 Å². The predicted molar refractivity (Wildman–Crippen MR) is 110 cm³/mol. The first kappa shape index (κ1) is 20.3. The van der Waals surface area contributed by atoms with Gasteiger partial charge in [-0.25, -0.2) is 18.4 Å². The standard InChI is InChI=1S/C20H14F3N3O2S2/c1-12-11-13(18-25-16-6-4-10-24-19(16)29-18)8-9-15(12)26-30(27,28)17-7-3-2-5-14(17)20(21,22)23/h2-11,26H,1H3. The number of anilines is 1. The van der Waals surface area contributed by atoms with E-state index < -0.39 is 26.7 Å². The molecule has 0 saturated heterocycles. The average Bonchev–Trinajstić information content (AvgIpc) is 3.13. The van der Waals surface area contributed by atoms with Crippen LogP contribution >= 0.6 is 11.3 Å². The van der Waals surface area contributed by atoms with E-state index in [-0.39, 0.29) is 5.69 Å². The number of aromatic nitrogens is 2. The van der Waals surface area contributed by atoms with Crippen molar-refractivity contribution in [1.29, 1.82) is 0 Å². The Balaban J connectivity index is 1.68. The Morgan fingerprint density at radius 1 is 1.03 bits per heavy atom. The third kappa shape index (κ3) is 3.88. The van der Waals surface area contributed by atoms with E-state index in [1.54, 1.807) is 31.3 Å². The van der Waals surface area contributed by atoms with Crippen molar-refractivity contribution in [3.05, 3.63) is 71.9 Å². The van der Waals surface area contributed by atoms with Crippen LogP contribution in [0.3, 0.4) is 0 Å². The van der Waals surface area contributed by atoms with Gasteiger partial charge in [0.2, 0.25) is 0 Å². The number of alkyl halides is 3. The van der Waals surface area contributed by atoms with E-state index in [0.717, 1.165) is 34.1 Å². The van der Waals surface area contributed by atoms with Crippen LogP contribution in [0.1, 0.15) is 11.1 Å². The summed E-state index contributed by atoms with van der Waals surface area (Å²) in [5.74, 6) is 0. The number of hydrogen-bond donors (Lipinski definition) is 1. The summed E-state index contributed by atoms with van der Waals surface area (Å²) in [6.45, 7) is 1.67. The summed E-state index contributed by atoms with van der Waals surface area (Å²) in [6, 6.07) is 12.6. The number of fused-ring (bicyclic) bond motifs is 1. The van der Waals surface area contributed by atoms with Gasteiger partial charge in [-0.15, -0.1) is 0 Å². The van der Waals surface area contributed by atoms with Gasteiger partial charge in [0.05, 0.1) is 16.1 Å². The molecule has 0 aliphatic carbocycles. The molecule has 0 aliphatic heterocycles. The van der Waals surface area contributed by atoms with Gasteiger partial charge in [-0.1, -0.05) is 23.5 Å². The third-order valence-corrected chi connectivity index (χ3v) is 6.82. The number of rotatable bonds is 4. The molecule has 2 aromatic carbocycles. The Hall–Kier alpha value is -2.98. The van der Waals surface area contributed by atoms with E-state index in [9.17, 15) is 21.6 Å². The first-order chi connectivity index (χ1) is 14.1. The van der Waals surface area contributed by atoms with Gasteiger partial charge in [-0.05, 0) is 55.0 Å². The Morgan fingerprint density at radius 2 is 1.80 bits per heavy atom. The van der Waals surface area contributed by atoms with Crippen molar-refractivity contribution in [3.8, 4) is 10.6 Å². The molecule has 0 unspecified atom stereocenters. The van der Waals surface area contributed by atoms with Crippen molar-refractivity contribution in [2.24, 2.45) is 0 Å². The quantitative estimate of drug-likeness (QED) is 0.447. The first-order valence-electron chi connectivity index (χ1n) is 8.67. The highest BCUT2D eigenvalue weighted by molar-refractivity contribution is 7.92. The van der Waals surface area contributed by atoms with Gasteiger partial charge in [0.25, 0.3) is 10.0 Å². The average molecular weight is 449 g/mol. The molecule has 0 amide bonds. The van der Waals surface area contributed by atoms with Gasteiger partial charge in [0.1, 0.15) is 15.4 Å². The van der Waals surface area contributed by atoms with Crippen LogP contribution in [0.15, 0.2) is 65.7 Å². The fraction of sp³-hybridized carbons (Fsp3) is 0.100. The Bertz CT molecular complexity index is 1320. The highest BCUT2D eigenvalue weighted by Gasteiger charge is 2.37. The fourth-order valence-corrected chi connectivity index (χ4v) is 5.20. The zero-order valence-electron chi connectivity index (χ0n) is 15.4. The number of benzene rings is 2. The first-order valence-corrected chi connectivity index (χ1v) is 11.0. The van der Waals surface area contributed by atoms with Crippen LogP contribution in [0.2, 0.25) is 0 Å². The molecule has 154 valence electrons. The highest BCUT2D eigenvalue weighted by atomic mass is 32.2. The fourth-order valence-electron chi connectivity index (χ4n) is 2.94. The topological polar surface area (TPSA) is 72.0 Å². The number of pyridine rings is 1. The van der Waals surface area contributed by atoms with Crippen LogP contribution in [0.4, 0.5) is 18.9 Å².